The van der Waals surface area contributed by atoms with Crippen LogP contribution < -0.4 is 39.6 Å². The van der Waals surface area contributed by atoms with Crippen LogP contribution in [0.2, 0.25) is 0 Å². The second kappa shape index (κ2) is 13.5. The number of hydrogen-bond donors (Lipinski definition) is 2. The van der Waals surface area contributed by atoms with Crippen molar-refractivity contribution in [3.63, 3.8) is 0 Å². The Morgan fingerprint density at radius 3 is 1.21 bits per heavy atom. The molecule has 0 saturated carbocycles. The summed E-state index contributed by atoms with van der Waals surface area (Å²) >= 11 is 0. The van der Waals surface area contributed by atoms with Gasteiger partial charge in [-0.3, -0.25) is 0 Å². The Labute approximate surface area is 247 Å². The van der Waals surface area contributed by atoms with Crippen molar-refractivity contribution in [2.45, 2.75) is 66.2 Å². The second-order valence-electron chi connectivity index (χ2n) is 7.93. The van der Waals surface area contributed by atoms with Crippen LogP contribution >= 0.6 is 0 Å². The average Bonchev–Trinajstić information content (AvgIpc) is 2.75. The van der Waals surface area contributed by atoms with Crippen LogP contribution in [0.5, 0.6) is 0 Å². The molecule has 248 valence electrons. The molecular weight excluding hydrogens is 698 g/mol. The minimum Gasteiger partial charge on any atom is -0.748 e. The fourth-order valence-corrected chi connectivity index (χ4v) is 4.05. The molecule has 27 heteroatoms. The molecule has 0 rings (SSSR count). The molecule has 0 saturated heterocycles. The molecule has 0 aliphatic heterocycles. The fourth-order valence-electron chi connectivity index (χ4n) is 2.49. The van der Waals surface area contributed by atoms with Gasteiger partial charge in [0.2, 0.25) is 0 Å². The maximum Gasteiger partial charge on any atom is 1.00 e. The van der Waals surface area contributed by atoms with Gasteiger partial charge < -0.3 is 9.87 Å². The quantitative estimate of drug-likeness (QED) is 0.101. The van der Waals surface area contributed by atoms with Gasteiger partial charge in [-0.2, -0.15) is 74.6 Å². The Kier molecular flexibility index (Phi) is 14.1. The van der Waals surface area contributed by atoms with Gasteiger partial charge in [0.25, 0.3) is 10.0 Å². The van der Waals surface area contributed by atoms with Crippen LogP contribution in [-0.2, 0) is 20.1 Å². The molecule has 0 aromatic heterocycles. The molecule has 0 aromatic carbocycles. The summed E-state index contributed by atoms with van der Waals surface area (Å²) in [6, 6.07) is 0. The summed E-state index contributed by atoms with van der Waals surface area (Å²) in [4.78, 5) is 0. The smallest absolute Gasteiger partial charge is 0.748 e. The Balaban J connectivity index is 0. The monoisotopic (exact) mass is 714 g/mol. The van der Waals surface area contributed by atoms with Gasteiger partial charge in [-0.1, -0.05) is 0 Å². The largest absolute Gasteiger partial charge is 1.00 e. The van der Waals surface area contributed by atoms with E-state index in [0.717, 1.165) is 0 Å². The number of sulfonamides is 1. The van der Waals surface area contributed by atoms with Gasteiger partial charge in [0.05, 0.1) is 10.1 Å². The molecule has 7 nitrogen and oxygen atoms in total. The van der Waals surface area contributed by atoms with Crippen molar-refractivity contribution >= 4 is 20.1 Å². The van der Waals surface area contributed by atoms with E-state index in [2.05, 4.69) is 5.32 Å². The molecule has 0 amide bonds. The topological polar surface area (TPSA) is 115 Å². The van der Waals surface area contributed by atoms with Gasteiger partial charge >= 0.3 is 76.5 Å². The molecule has 0 radical (unpaired) electrons. The van der Waals surface area contributed by atoms with Crippen molar-refractivity contribution in [1.29, 1.82) is 0 Å². The summed E-state index contributed by atoms with van der Waals surface area (Å²) in [6.07, 6.45) is -9.12. The van der Waals surface area contributed by atoms with E-state index in [1.54, 1.807) is 0 Å². The van der Waals surface area contributed by atoms with Gasteiger partial charge in [0.15, 0.2) is 0 Å². The van der Waals surface area contributed by atoms with E-state index in [0.29, 0.717) is 4.72 Å². The van der Waals surface area contributed by atoms with Crippen LogP contribution in [0.1, 0.15) is 19.3 Å². The summed E-state index contributed by atoms with van der Waals surface area (Å²) in [5.74, 6) is -52.7. The summed E-state index contributed by atoms with van der Waals surface area (Å²) < 4.78 is 279. The molecule has 0 spiro atoms. The predicted octanol–water partition coefficient (Wildman–Crippen LogP) is 1.18. The van der Waals surface area contributed by atoms with Crippen LogP contribution in [0.25, 0.3) is 0 Å². The molecule has 0 atom stereocenters. The first kappa shape index (κ1) is 43.7. The molecule has 0 aliphatic rings. The Bertz CT molecular complexity index is 1110. The maximum absolute atomic E-state index is 13.9. The molecule has 0 heterocycles. The van der Waals surface area contributed by atoms with E-state index in [9.17, 15) is 96.0 Å². The van der Waals surface area contributed by atoms with Crippen LogP contribution in [0, 0.1) is 0 Å². The number of rotatable bonds is 17. The number of unbranched alkanes of at least 4 members (excludes halogenated alkanes) is 1. The van der Waals surface area contributed by atoms with Crippen molar-refractivity contribution in [2.75, 3.05) is 25.4 Å². The normalized spacial score (nSPS) is 15.5. The summed E-state index contributed by atoms with van der Waals surface area (Å²) in [6.45, 7) is -1.78. The second-order valence-corrected chi connectivity index (χ2v) is 11.3. The summed E-state index contributed by atoms with van der Waals surface area (Å²) in [7, 11) is -11.9. The molecule has 0 fully saturated rings. The minimum atomic E-state index is -8.89. The first-order valence-electron chi connectivity index (χ1n) is 10.1. The van der Waals surface area contributed by atoms with Crippen molar-refractivity contribution in [3.05, 3.63) is 0 Å². The number of hydrogen-bond acceptors (Lipinski definition) is 6. The van der Waals surface area contributed by atoms with Gasteiger partial charge in [-0.15, -0.1) is 0 Å². The first-order valence-corrected chi connectivity index (χ1v) is 13.1. The van der Waals surface area contributed by atoms with Crippen LogP contribution in [0.4, 0.5) is 74.6 Å². The van der Waals surface area contributed by atoms with E-state index in [1.165, 1.54) is 0 Å². The standard InChI is InChI=1S/C15H17F17N2O5S2.Na/c16-8(17,10(20,21)12(24,25)14(28,29)30)9(18,19)11(22,23)13(26,27)15(31,32)41(38,39)34-6-2-1-4-33-5-3-7-40(35,36)37;/h33-34H,1-7H2,(H,35,36,37);/q;+1/p-1. The van der Waals surface area contributed by atoms with Gasteiger partial charge in [0, 0.05) is 12.3 Å². The van der Waals surface area contributed by atoms with Crippen molar-refractivity contribution in [3.8, 4) is 0 Å². The van der Waals surface area contributed by atoms with Crippen LogP contribution in [-0.4, -0.2) is 93.7 Å². The predicted molar refractivity (Wildman–Crippen MR) is 98.9 cm³/mol. The maximum atomic E-state index is 13.9. The van der Waals surface area contributed by atoms with Gasteiger partial charge in [-0.05, 0) is 32.4 Å². The van der Waals surface area contributed by atoms with E-state index in [1.807, 2.05) is 0 Å². The minimum absolute atomic E-state index is 0. The Morgan fingerprint density at radius 1 is 0.500 bits per heavy atom. The number of halogens is 17. The Morgan fingerprint density at radius 2 is 0.833 bits per heavy atom. The molecule has 0 unspecified atom stereocenters. The van der Waals surface area contributed by atoms with Crippen LogP contribution in [0.3, 0.4) is 0 Å². The fraction of sp³-hybridized carbons (Fsp3) is 1.00. The molecule has 42 heavy (non-hydrogen) atoms. The SMILES string of the molecule is O=S(=O)([O-])CCCNCCCCNS(=O)(=O)C(F)(F)C(F)(F)C(F)(F)C(F)(F)C(F)(F)C(F)(F)C(F)(F)C(F)(F)F.[Na+]. The number of alkyl halides is 17. The van der Waals surface area contributed by atoms with Crippen LogP contribution in [0.15, 0.2) is 0 Å². The van der Waals surface area contributed by atoms with Gasteiger partial charge in [-0.25, -0.2) is 21.6 Å². The average molecular weight is 714 g/mol. The third-order valence-electron chi connectivity index (χ3n) is 4.85. The number of nitrogens with one attached hydrogen (secondary N) is 2. The van der Waals surface area contributed by atoms with Crippen molar-refractivity contribution in [2.24, 2.45) is 0 Å². The third-order valence-corrected chi connectivity index (χ3v) is 7.16. The summed E-state index contributed by atoms with van der Waals surface area (Å²) in [5, 5.41) is -5.21. The first-order chi connectivity index (χ1) is 17.7. The van der Waals surface area contributed by atoms with E-state index < -0.39 is 85.8 Å². The van der Waals surface area contributed by atoms with E-state index in [-0.39, 0.29) is 55.5 Å². The zero-order valence-corrected chi connectivity index (χ0v) is 23.9. The molecule has 0 aromatic rings. The molecular formula is C15H16F17N2NaO5S2. The van der Waals surface area contributed by atoms with Gasteiger partial charge in [0.1, 0.15) is 0 Å². The molecule has 0 aliphatic carbocycles. The zero-order chi connectivity index (χ0) is 33.4. The van der Waals surface area contributed by atoms with Crippen molar-refractivity contribution < 1.29 is 126 Å². The van der Waals surface area contributed by atoms with Crippen molar-refractivity contribution in [1.82, 2.24) is 10.0 Å². The Hall–Kier alpha value is -0.410. The summed E-state index contributed by atoms with van der Waals surface area (Å²) in [5.41, 5.74) is 0. The zero-order valence-electron chi connectivity index (χ0n) is 20.2. The third kappa shape index (κ3) is 8.05. The van der Waals surface area contributed by atoms with E-state index in [4.69, 9.17) is 0 Å². The van der Waals surface area contributed by atoms with E-state index >= 15 is 0 Å². The molecule has 2 N–H and O–H groups in total. The molecule has 0 bridgehead atoms.